The second-order valence-electron chi connectivity index (χ2n) is 5.66. The van der Waals surface area contributed by atoms with E-state index in [2.05, 4.69) is 0 Å². The van der Waals surface area contributed by atoms with Gasteiger partial charge in [-0.3, -0.25) is 0 Å². The van der Waals surface area contributed by atoms with Crippen LogP contribution in [-0.4, -0.2) is 0 Å². The van der Waals surface area contributed by atoms with Gasteiger partial charge in [0.1, 0.15) is 11.5 Å². The number of rotatable bonds is 2. The molecule has 0 bridgehead atoms. The highest BCUT2D eigenvalue weighted by Gasteiger charge is 2.31. The van der Waals surface area contributed by atoms with Crippen LogP contribution in [0.4, 0.5) is 49.6 Å². The molecule has 0 saturated carbocycles. The number of hydrogen-bond donors (Lipinski definition) is 1. The van der Waals surface area contributed by atoms with E-state index in [0.717, 1.165) is 6.07 Å². The number of anilines is 1. The van der Waals surface area contributed by atoms with E-state index >= 15 is 0 Å². The van der Waals surface area contributed by atoms with E-state index in [4.69, 9.17) is 5.73 Å². The predicted octanol–water partition coefficient (Wildman–Crippen LogP) is 5.99. The number of halogens is 10. The van der Waals surface area contributed by atoms with Crippen LogP contribution in [0.5, 0.6) is 0 Å². The van der Waals surface area contributed by atoms with E-state index in [1.807, 2.05) is 0 Å². The zero-order valence-corrected chi connectivity index (χ0v) is 13.6. The van der Waals surface area contributed by atoms with Gasteiger partial charge in [0.05, 0.1) is 11.1 Å². The molecule has 0 aromatic heterocycles. The van der Waals surface area contributed by atoms with Crippen molar-refractivity contribution < 1.29 is 43.9 Å². The topological polar surface area (TPSA) is 26.0 Å². The van der Waals surface area contributed by atoms with Gasteiger partial charge in [-0.05, 0) is 0 Å². The first-order valence-corrected chi connectivity index (χ1v) is 7.42. The second-order valence-corrected chi connectivity index (χ2v) is 5.66. The lowest BCUT2D eigenvalue weighted by molar-refractivity contribution is 0.381. The number of nitrogen functional groups attached to an aromatic ring is 1. The molecule has 29 heavy (non-hydrogen) atoms. The van der Waals surface area contributed by atoms with Crippen LogP contribution in [0.2, 0.25) is 0 Å². The van der Waals surface area contributed by atoms with E-state index in [1.165, 1.54) is 0 Å². The molecule has 0 aliphatic carbocycles. The van der Waals surface area contributed by atoms with Crippen molar-refractivity contribution in [2.75, 3.05) is 5.73 Å². The Morgan fingerprint density at radius 3 is 1.10 bits per heavy atom. The van der Waals surface area contributed by atoms with Crippen molar-refractivity contribution in [1.29, 1.82) is 0 Å². The molecule has 0 unspecified atom stereocenters. The summed E-state index contributed by atoms with van der Waals surface area (Å²) < 4.78 is 138. The molecule has 0 aliphatic heterocycles. The Hall–Kier alpha value is -3.24. The predicted molar refractivity (Wildman–Crippen MR) is 81.3 cm³/mol. The first-order valence-electron chi connectivity index (χ1n) is 7.42. The summed E-state index contributed by atoms with van der Waals surface area (Å²) >= 11 is 0. The molecule has 0 atom stereocenters. The van der Waals surface area contributed by atoms with Gasteiger partial charge in [0.15, 0.2) is 46.5 Å². The summed E-state index contributed by atoms with van der Waals surface area (Å²) in [6, 6.07) is 1.83. The van der Waals surface area contributed by atoms with Gasteiger partial charge in [0.2, 0.25) is 5.82 Å². The Morgan fingerprint density at radius 1 is 0.414 bits per heavy atom. The summed E-state index contributed by atoms with van der Waals surface area (Å²) in [5.74, 6) is -22.5. The van der Waals surface area contributed by atoms with E-state index in [-0.39, 0.29) is 0 Å². The zero-order valence-electron chi connectivity index (χ0n) is 13.6. The minimum absolute atomic E-state index is 0.539. The highest BCUT2D eigenvalue weighted by atomic mass is 19.2. The van der Waals surface area contributed by atoms with Crippen LogP contribution in [0, 0.1) is 58.2 Å². The molecule has 1 nitrogen and oxygen atoms in total. The third kappa shape index (κ3) is 2.88. The molecule has 3 aromatic rings. The summed E-state index contributed by atoms with van der Waals surface area (Å²) in [6.45, 7) is 0. The van der Waals surface area contributed by atoms with E-state index in [0.29, 0.717) is 12.1 Å². The van der Waals surface area contributed by atoms with Crippen molar-refractivity contribution in [3.63, 3.8) is 0 Å². The average molecular weight is 425 g/mol. The maximum atomic E-state index is 14.8. The van der Waals surface area contributed by atoms with Crippen molar-refractivity contribution in [2.24, 2.45) is 0 Å². The maximum Gasteiger partial charge on any atom is 0.200 e. The van der Waals surface area contributed by atoms with E-state index in [1.54, 1.807) is 0 Å². The highest BCUT2D eigenvalue weighted by molar-refractivity contribution is 5.76. The molecule has 152 valence electrons. The van der Waals surface area contributed by atoms with Crippen molar-refractivity contribution in [3.8, 4) is 22.3 Å². The molecular weight excluding hydrogens is 420 g/mol. The van der Waals surface area contributed by atoms with Crippen molar-refractivity contribution >= 4 is 5.69 Å². The number of benzene rings is 3. The van der Waals surface area contributed by atoms with Gasteiger partial charge in [-0.15, -0.1) is 0 Å². The first kappa shape index (κ1) is 20.5. The molecule has 0 aliphatic rings. The first-order chi connectivity index (χ1) is 13.5. The smallest absolute Gasteiger partial charge is 0.200 e. The van der Waals surface area contributed by atoms with Crippen LogP contribution in [0.15, 0.2) is 18.2 Å². The van der Waals surface area contributed by atoms with Gasteiger partial charge in [0.25, 0.3) is 0 Å². The van der Waals surface area contributed by atoms with Gasteiger partial charge in [0, 0.05) is 11.1 Å². The zero-order chi connectivity index (χ0) is 21.8. The lowest BCUT2D eigenvalue weighted by Crippen LogP contribution is -2.08. The third-order valence-corrected chi connectivity index (χ3v) is 4.04. The molecule has 3 aromatic carbocycles. The fraction of sp³-hybridized carbons (Fsp3) is 0. The Labute approximate surface area is 155 Å². The quantitative estimate of drug-likeness (QED) is 0.232. The summed E-state index contributed by atoms with van der Waals surface area (Å²) in [5.41, 5.74) is -2.62. The average Bonchev–Trinajstić information content (AvgIpc) is 2.70. The molecule has 0 saturated heterocycles. The van der Waals surface area contributed by atoms with Gasteiger partial charge in [-0.25, -0.2) is 43.9 Å². The fourth-order valence-electron chi connectivity index (χ4n) is 2.64. The fourth-order valence-corrected chi connectivity index (χ4v) is 2.64. The minimum Gasteiger partial charge on any atom is -0.394 e. The lowest BCUT2D eigenvalue weighted by Gasteiger charge is -2.14. The molecule has 0 fully saturated rings. The van der Waals surface area contributed by atoms with Crippen LogP contribution in [0.3, 0.4) is 0 Å². The molecule has 0 spiro atoms. The van der Waals surface area contributed by atoms with Crippen molar-refractivity contribution in [1.82, 2.24) is 0 Å². The Balaban J connectivity index is 2.40. The lowest BCUT2D eigenvalue weighted by atomic mass is 9.95. The molecule has 0 heterocycles. The Bertz CT molecular complexity index is 1030. The molecule has 3 rings (SSSR count). The monoisotopic (exact) mass is 425 g/mol. The third-order valence-electron chi connectivity index (χ3n) is 4.04. The standard InChI is InChI=1S/C18H5F10N/c19-8-4(6-9(20)13(24)15(26)14(25)10(6)21)2-1-3-5(8)7-11(22)16(27)18(29)17(28)12(7)23/h1-3H,29H2. The van der Waals surface area contributed by atoms with Crippen molar-refractivity contribution in [3.05, 3.63) is 76.4 Å². The van der Waals surface area contributed by atoms with Crippen LogP contribution in [0.25, 0.3) is 22.3 Å². The number of nitrogens with two attached hydrogens (primary N) is 1. The summed E-state index contributed by atoms with van der Waals surface area (Å²) in [7, 11) is 0. The van der Waals surface area contributed by atoms with Crippen molar-refractivity contribution in [2.45, 2.75) is 0 Å². The Kier molecular flexibility index (Phi) is 4.93. The molecule has 11 heteroatoms. The summed E-state index contributed by atoms with van der Waals surface area (Å²) in [6.07, 6.45) is 0. The van der Waals surface area contributed by atoms with Crippen LogP contribution in [0.1, 0.15) is 0 Å². The molecule has 0 amide bonds. The molecule has 0 radical (unpaired) electrons. The van der Waals surface area contributed by atoms with E-state index < -0.39 is 86.1 Å². The van der Waals surface area contributed by atoms with Gasteiger partial charge in [-0.2, -0.15) is 0 Å². The second kappa shape index (κ2) is 6.98. The minimum atomic E-state index is -2.51. The highest BCUT2D eigenvalue weighted by Crippen LogP contribution is 2.39. The maximum absolute atomic E-state index is 14.8. The normalized spacial score (nSPS) is 11.2. The Morgan fingerprint density at radius 2 is 0.724 bits per heavy atom. The number of hydrogen-bond acceptors (Lipinski definition) is 1. The largest absolute Gasteiger partial charge is 0.394 e. The summed E-state index contributed by atoms with van der Waals surface area (Å²) in [5, 5.41) is 0. The molecule has 2 N–H and O–H groups in total. The summed E-state index contributed by atoms with van der Waals surface area (Å²) in [4.78, 5) is 0. The van der Waals surface area contributed by atoms with Crippen LogP contribution < -0.4 is 5.73 Å². The SMILES string of the molecule is Nc1c(F)c(F)c(-c2cccc(-c3c(F)c(F)c(F)c(F)c3F)c2F)c(F)c1F. The van der Waals surface area contributed by atoms with E-state index in [9.17, 15) is 43.9 Å². The molecular formula is C18H5F10N. The van der Waals surface area contributed by atoms with Gasteiger partial charge < -0.3 is 5.73 Å². The van der Waals surface area contributed by atoms with Crippen LogP contribution in [-0.2, 0) is 0 Å². The van der Waals surface area contributed by atoms with Gasteiger partial charge >= 0.3 is 0 Å². The van der Waals surface area contributed by atoms with Gasteiger partial charge in [-0.1, -0.05) is 18.2 Å². The van der Waals surface area contributed by atoms with Crippen LogP contribution >= 0.6 is 0 Å².